The summed E-state index contributed by atoms with van der Waals surface area (Å²) in [5.74, 6) is -0.0369. The Balaban J connectivity index is 2.10. The lowest BCUT2D eigenvalue weighted by atomic mass is 10.2. The summed E-state index contributed by atoms with van der Waals surface area (Å²) in [6, 6.07) is 7.80. The number of aryl methyl sites for hydroxylation is 2. The molecular formula is C17H17ClN2O5. The number of amides is 1. The minimum Gasteiger partial charge on any atom is -0.495 e. The number of ether oxygens (including phenoxy) is 2. The molecule has 0 spiro atoms. The van der Waals surface area contributed by atoms with Crippen LogP contribution in [0.5, 0.6) is 11.5 Å². The fourth-order valence-electron chi connectivity index (χ4n) is 2.15. The van der Waals surface area contributed by atoms with E-state index in [1.165, 1.54) is 19.2 Å². The van der Waals surface area contributed by atoms with E-state index in [9.17, 15) is 14.9 Å². The van der Waals surface area contributed by atoms with Gasteiger partial charge in [0.15, 0.2) is 12.4 Å². The van der Waals surface area contributed by atoms with E-state index >= 15 is 0 Å². The Morgan fingerprint density at radius 2 is 1.96 bits per heavy atom. The fourth-order valence-corrected chi connectivity index (χ4v) is 2.31. The van der Waals surface area contributed by atoms with Gasteiger partial charge in [-0.25, -0.2) is 0 Å². The first-order valence-electron chi connectivity index (χ1n) is 7.33. The average molecular weight is 365 g/mol. The van der Waals surface area contributed by atoms with E-state index in [1.807, 2.05) is 0 Å². The lowest BCUT2D eigenvalue weighted by Crippen LogP contribution is -2.21. The van der Waals surface area contributed by atoms with Crippen LogP contribution in [0.2, 0.25) is 5.02 Å². The van der Waals surface area contributed by atoms with E-state index in [4.69, 9.17) is 21.1 Å². The number of nitro benzene ring substituents is 1. The SMILES string of the molecule is COc1cc(Cl)c(C)cc1NC(=O)COc1ccc(C)cc1[N+](=O)[O-]. The predicted octanol–water partition coefficient (Wildman–Crippen LogP) is 3.89. The molecule has 8 heteroatoms. The molecule has 0 radical (unpaired) electrons. The van der Waals surface area contributed by atoms with Crippen LogP contribution in [0.1, 0.15) is 11.1 Å². The number of carbonyl (C=O) groups is 1. The Kier molecular flexibility index (Phi) is 5.82. The molecule has 0 atom stereocenters. The Morgan fingerprint density at radius 1 is 1.24 bits per heavy atom. The van der Waals surface area contributed by atoms with Gasteiger partial charge in [0.25, 0.3) is 5.91 Å². The Hall–Kier alpha value is -2.80. The molecule has 7 nitrogen and oxygen atoms in total. The largest absolute Gasteiger partial charge is 0.495 e. The molecule has 132 valence electrons. The maximum absolute atomic E-state index is 12.1. The van der Waals surface area contributed by atoms with Crippen LogP contribution in [-0.2, 0) is 4.79 Å². The molecule has 0 heterocycles. The van der Waals surface area contributed by atoms with Crippen LogP contribution < -0.4 is 14.8 Å². The van der Waals surface area contributed by atoms with E-state index in [2.05, 4.69) is 5.32 Å². The molecule has 0 saturated heterocycles. The minimum atomic E-state index is -0.550. The van der Waals surface area contributed by atoms with E-state index in [0.29, 0.717) is 16.5 Å². The van der Waals surface area contributed by atoms with Crippen molar-refractivity contribution in [3.63, 3.8) is 0 Å². The third-order valence-corrected chi connectivity index (χ3v) is 3.83. The molecule has 2 rings (SSSR count). The third-order valence-electron chi connectivity index (χ3n) is 3.42. The predicted molar refractivity (Wildman–Crippen MR) is 94.7 cm³/mol. The standard InChI is InChI=1S/C17H17ClN2O5/c1-10-4-5-15(14(6-10)20(22)23)25-9-17(21)19-13-7-11(2)12(18)8-16(13)24-3/h4-8H,9H2,1-3H3,(H,19,21). The summed E-state index contributed by atoms with van der Waals surface area (Å²) in [6.45, 7) is 3.15. The highest BCUT2D eigenvalue weighted by molar-refractivity contribution is 6.31. The van der Waals surface area contributed by atoms with Crippen LogP contribution >= 0.6 is 11.6 Å². The maximum atomic E-state index is 12.1. The van der Waals surface area contributed by atoms with E-state index in [1.54, 1.807) is 32.0 Å². The lowest BCUT2D eigenvalue weighted by Gasteiger charge is -2.13. The summed E-state index contributed by atoms with van der Waals surface area (Å²) in [6.07, 6.45) is 0. The average Bonchev–Trinajstić information content (AvgIpc) is 2.56. The topological polar surface area (TPSA) is 90.7 Å². The first kappa shape index (κ1) is 18.5. The number of anilines is 1. The van der Waals surface area contributed by atoms with Crippen molar-refractivity contribution in [2.75, 3.05) is 19.0 Å². The van der Waals surface area contributed by atoms with Crippen molar-refractivity contribution >= 4 is 28.9 Å². The van der Waals surface area contributed by atoms with Crippen molar-refractivity contribution in [3.8, 4) is 11.5 Å². The first-order valence-corrected chi connectivity index (χ1v) is 7.71. The van der Waals surface area contributed by atoms with Crippen molar-refractivity contribution in [2.45, 2.75) is 13.8 Å². The van der Waals surface area contributed by atoms with Crippen LogP contribution in [0.15, 0.2) is 30.3 Å². The van der Waals surface area contributed by atoms with Crippen LogP contribution in [0, 0.1) is 24.0 Å². The molecule has 0 aliphatic heterocycles. The van der Waals surface area contributed by atoms with Crippen molar-refractivity contribution in [2.24, 2.45) is 0 Å². The molecule has 1 N–H and O–H groups in total. The number of nitro groups is 1. The van der Waals surface area contributed by atoms with Gasteiger partial charge < -0.3 is 14.8 Å². The molecule has 25 heavy (non-hydrogen) atoms. The van der Waals surface area contributed by atoms with Gasteiger partial charge in [-0.1, -0.05) is 17.7 Å². The zero-order chi connectivity index (χ0) is 18.6. The molecular weight excluding hydrogens is 348 g/mol. The second kappa shape index (κ2) is 7.85. The Morgan fingerprint density at radius 3 is 2.60 bits per heavy atom. The number of benzene rings is 2. The van der Waals surface area contributed by atoms with E-state index in [-0.39, 0.29) is 18.0 Å². The maximum Gasteiger partial charge on any atom is 0.311 e. The monoisotopic (exact) mass is 364 g/mol. The van der Waals surface area contributed by atoms with Crippen molar-refractivity contribution in [3.05, 3.63) is 56.6 Å². The van der Waals surface area contributed by atoms with Gasteiger partial charge in [0, 0.05) is 17.2 Å². The van der Waals surface area contributed by atoms with Gasteiger partial charge in [0.1, 0.15) is 5.75 Å². The van der Waals surface area contributed by atoms with Crippen LogP contribution in [0.25, 0.3) is 0 Å². The van der Waals surface area contributed by atoms with Gasteiger partial charge in [-0.2, -0.15) is 0 Å². The molecule has 2 aromatic rings. The summed E-state index contributed by atoms with van der Waals surface area (Å²) >= 11 is 6.02. The van der Waals surface area contributed by atoms with Gasteiger partial charge in [0.05, 0.1) is 17.7 Å². The zero-order valence-electron chi connectivity index (χ0n) is 14.0. The molecule has 0 saturated carbocycles. The molecule has 0 unspecified atom stereocenters. The summed E-state index contributed by atoms with van der Waals surface area (Å²) < 4.78 is 10.5. The second-order valence-electron chi connectivity index (χ2n) is 5.37. The smallest absolute Gasteiger partial charge is 0.311 e. The molecule has 2 aromatic carbocycles. The first-order chi connectivity index (χ1) is 11.8. The molecule has 0 fully saturated rings. The number of hydrogen-bond donors (Lipinski definition) is 1. The Labute approximate surface area is 149 Å². The normalized spacial score (nSPS) is 10.2. The number of nitrogens with zero attached hydrogens (tertiary/aromatic N) is 1. The highest BCUT2D eigenvalue weighted by atomic mass is 35.5. The number of nitrogens with one attached hydrogen (secondary N) is 1. The number of hydrogen-bond acceptors (Lipinski definition) is 5. The van der Waals surface area contributed by atoms with Gasteiger partial charge in [-0.3, -0.25) is 14.9 Å². The minimum absolute atomic E-state index is 0.0324. The van der Waals surface area contributed by atoms with Crippen molar-refractivity contribution < 1.29 is 19.2 Å². The van der Waals surface area contributed by atoms with Gasteiger partial charge in [-0.15, -0.1) is 0 Å². The summed E-state index contributed by atoms with van der Waals surface area (Å²) in [5.41, 5.74) is 1.75. The quantitative estimate of drug-likeness (QED) is 0.620. The Bertz CT molecular complexity index is 823. The van der Waals surface area contributed by atoms with Gasteiger partial charge in [0.2, 0.25) is 0 Å². The number of carbonyl (C=O) groups excluding carboxylic acids is 1. The van der Waals surface area contributed by atoms with Crippen molar-refractivity contribution in [1.82, 2.24) is 0 Å². The number of halogens is 1. The number of methoxy groups -OCH3 is 1. The summed E-state index contributed by atoms with van der Waals surface area (Å²) in [7, 11) is 1.46. The van der Waals surface area contributed by atoms with E-state index < -0.39 is 10.8 Å². The van der Waals surface area contributed by atoms with Crippen LogP contribution in [-0.4, -0.2) is 24.5 Å². The highest BCUT2D eigenvalue weighted by Crippen LogP contribution is 2.31. The summed E-state index contributed by atoms with van der Waals surface area (Å²) in [5, 5.41) is 14.2. The highest BCUT2D eigenvalue weighted by Gasteiger charge is 2.17. The van der Waals surface area contributed by atoms with Gasteiger partial charge in [-0.05, 0) is 37.1 Å². The molecule has 0 aliphatic rings. The number of rotatable bonds is 6. The fraction of sp³-hybridized carbons (Fsp3) is 0.235. The van der Waals surface area contributed by atoms with Crippen LogP contribution in [0.4, 0.5) is 11.4 Å². The molecule has 0 aliphatic carbocycles. The molecule has 1 amide bonds. The van der Waals surface area contributed by atoms with Crippen LogP contribution in [0.3, 0.4) is 0 Å². The zero-order valence-corrected chi connectivity index (χ0v) is 14.7. The molecule has 0 bridgehead atoms. The van der Waals surface area contributed by atoms with E-state index in [0.717, 1.165) is 11.1 Å². The second-order valence-corrected chi connectivity index (χ2v) is 5.77. The third kappa shape index (κ3) is 4.60. The molecule has 0 aromatic heterocycles. The van der Waals surface area contributed by atoms with Crippen molar-refractivity contribution in [1.29, 1.82) is 0 Å². The summed E-state index contributed by atoms with van der Waals surface area (Å²) in [4.78, 5) is 22.6. The van der Waals surface area contributed by atoms with Gasteiger partial charge >= 0.3 is 5.69 Å². The lowest BCUT2D eigenvalue weighted by molar-refractivity contribution is -0.385.